The molecule has 9 heteroatoms. The summed E-state index contributed by atoms with van der Waals surface area (Å²) in [6.07, 6.45) is 3.71. The van der Waals surface area contributed by atoms with E-state index in [4.69, 9.17) is 17.0 Å². The number of ether oxygens (including phenoxy) is 1. The fraction of sp³-hybridized carbons (Fsp3) is 0.435. The van der Waals surface area contributed by atoms with E-state index in [2.05, 4.69) is 55.6 Å². The molecule has 0 bridgehead atoms. The molecular formula is C23H28N6OS2. The molecule has 2 atom stereocenters. The van der Waals surface area contributed by atoms with Crippen LogP contribution in [0.5, 0.6) is 0 Å². The highest BCUT2D eigenvalue weighted by atomic mass is 32.1. The van der Waals surface area contributed by atoms with Gasteiger partial charge in [0.25, 0.3) is 0 Å². The normalized spacial score (nSPS) is 21.8. The Morgan fingerprint density at radius 2 is 2.00 bits per heavy atom. The number of pyridine rings is 1. The van der Waals surface area contributed by atoms with Crippen LogP contribution in [0.3, 0.4) is 0 Å². The molecule has 3 aromatic rings. The van der Waals surface area contributed by atoms with Crippen LogP contribution in [0, 0.1) is 13.8 Å². The van der Waals surface area contributed by atoms with E-state index in [0.717, 1.165) is 55.3 Å². The number of nitrogens with zero attached hydrogens (tertiary/aromatic N) is 5. The zero-order chi connectivity index (χ0) is 22.1. The lowest BCUT2D eigenvalue weighted by atomic mass is 9.97. The smallest absolute Gasteiger partial charge is 0.193 e. The molecule has 2 aliphatic rings. The fourth-order valence-electron chi connectivity index (χ4n) is 4.77. The average Bonchev–Trinajstić information content (AvgIpc) is 3.52. The first-order chi connectivity index (χ1) is 15.6. The predicted octanol–water partition coefficient (Wildman–Crippen LogP) is 3.25. The lowest BCUT2D eigenvalue weighted by Gasteiger charge is -2.32. The Bertz CT molecular complexity index is 1060. The van der Waals surface area contributed by atoms with Crippen LogP contribution < -0.4 is 5.32 Å². The summed E-state index contributed by atoms with van der Waals surface area (Å²) >= 11 is 7.50. The number of thiocarbonyl (C=S) groups is 1. The average molecular weight is 469 g/mol. The standard InChI is InChI=1S/C23H28N6OS2/c1-16-15-18(17(2)29(16)23-25-7-14-32-23)21-20(19-5-3-4-6-24-19)26-22(31)28(21)9-8-27-10-12-30-13-11-27/h3-7,14-15,20-21H,8-13H2,1-2H3,(H,26,31)/t20-,21+/m1/s1. The number of hydrogen-bond donors (Lipinski definition) is 1. The van der Waals surface area contributed by atoms with Gasteiger partial charge in [-0.15, -0.1) is 11.3 Å². The van der Waals surface area contributed by atoms with E-state index >= 15 is 0 Å². The van der Waals surface area contributed by atoms with Crippen LogP contribution in [0.25, 0.3) is 5.13 Å². The molecule has 0 spiro atoms. The Balaban J connectivity index is 1.51. The van der Waals surface area contributed by atoms with Gasteiger partial charge in [0.2, 0.25) is 0 Å². The highest BCUT2D eigenvalue weighted by molar-refractivity contribution is 7.80. The van der Waals surface area contributed by atoms with Gasteiger partial charge in [0, 0.05) is 55.3 Å². The Morgan fingerprint density at radius 3 is 2.72 bits per heavy atom. The number of thiazole rings is 1. The zero-order valence-electron chi connectivity index (χ0n) is 18.4. The monoisotopic (exact) mass is 468 g/mol. The van der Waals surface area contributed by atoms with Gasteiger partial charge in [0.1, 0.15) is 0 Å². The van der Waals surface area contributed by atoms with E-state index in [0.29, 0.717) is 0 Å². The second-order valence-electron chi connectivity index (χ2n) is 8.25. The molecule has 2 saturated heterocycles. The maximum absolute atomic E-state index is 5.85. The maximum Gasteiger partial charge on any atom is 0.193 e. The minimum atomic E-state index is -0.00126. The van der Waals surface area contributed by atoms with Crippen LogP contribution in [-0.2, 0) is 4.74 Å². The minimum absolute atomic E-state index is 0.00126. The highest BCUT2D eigenvalue weighted by Gasteiger charge is 2.41. The summed E-state index contributed by atoms with van der Waals surface area (Å²) in [6, 6.07) is 8.43. The second-order valence-corrected chi connectivity index (χ2v) is 9.51. The van der Waals surface area contributed by atoms with Crippen molar-refractivity contribution in [2.75, 3.05) is 39.4 Å². The van der Waals surface area contributed by atoms with E-state index in [-0.39, 0.29) is 12.1 Å². The molecule has 7 nitrogen and oxygen atoms in total. The summed E-state index contributed by atoms with van der Waals surface area (Å²) in [4.78, 5) is 14.0. The SMILES string of the molecule is Cc1cc([C@H]2[C@@H](c3ccccn3)NC(=S)N2CCN2CCOCC2)c(C)n1-c1nccs1. The van der Waals surface area contributed by atoms with E-state index in [1.54, 1.807) is 11.3 Å². The van der Waals surface area contributed by atoms with Gasteiger partial charge in [0.05, 0.1) is 31.0 Å². The number of morpholine rings is 1. The lowest BCUT2D eigenvalue weighted by molar-refractivity contribution is 0.0350. The Labute approximate surface area is 198 Å². The molecule has 1 N–H and O–H groups in total. The largest absolute Gasteiger partial charge is 0.379 e. The summed E-state index contributed by atoms with van der Waals surface area (Å²) in [5.41, 5.74) is 4.65. The lowest BCUT2D eigenvalue weighted by Crippen LogP contribution is -2.42. The molecule has 0 amide bonds. The third-order valence-corrected chi connectivity index (χ3v) is 7.47. The Hall–Kier alpha value is -2.33. The topological polar surface area (TPSA) is 58.5 Å². The van der Waals surface area contributed by atoms with Gasteiger partial charge in [-0.3, -0.25) is 14.5 Å². The molecule has 0 saturated carbocycles. The summed E-state index contributed by atoms with van der Waals surface area (Å²) < 4.78 is 7.76. The summed E-state index contributed by atoms with van der Waals surface area (Å²) in [5.74, 6) is 0. The van der Waals surface area contributed by atoms with Crippen LogP contribution in [0.4, 0.5) is 0 Å². The van der Waals surface area contributed by atoms with Crippen LogP contribution in [0.15, 0.2) is 42.0 Å². The first-order valence-electron chi connectivity index (χ1n) is 11.0. The van der Waals surface area contributed by atoms with Gasteiger partial charge >= 0.3 is 0 Å². The van der Waals surface area contributed by atoms with E-state index in [9.17, 15) is 0 Å². The van der Waals surface area contributed by atoms with Gasteiger partial charge < -0.3 is 15.0 Å². The zero-order valence-corrected chi connectivity index (χ0v) is 20.0. The first kappa shape index (κ1) is 21.5. The summed E-state index contributed by atoms with van der Waals surface area (Å²) in [6.45, 7) is 9.70. The quantitative estimate of drug-likeness (QED) is 0.557. The van der Waals surface area contributed by atoms with Crippen molar-refractivity contribution < 1.29 is 4.74 Å². The molecule has 3 aromatic heterocycles. The third-order valence-electron chi connectivity index (χ3n) is 6.36. The van der Waals surface area contributed by atoms with Crippen molar-refractivity contribution >= 4 is 28.7 Å². The van der Waals surface area contributed by atoms with Gasteiger partial charge in [-0.2, -0.15) is 0 Å². The van der Waals surface area contributed by atoms with Crippen molar-refractivity contribution in [3.8, 4) is 5.13 Å². The molecule has 0 aromatic carbocycles. The van der Waals surface area contributed by atoms with Crippen LogP contribution in [-0.4, -0.2) is 68.8 Å². The highest BCUT2D eigenvalue weighted by Crippen LogP contribution is 2.41. The molecule has 5 rings (SSSR count). The summed E-state index contributed by atoms with van der Waals surface area (Å²) in [5, 5.41) is 7.38. The van der Waals surface area contributed by atoms with Gasteiger partial charge in [0.15, 0.2) is 10.2 Å². The van der Waals surface area contributed by atoms with Crippen molar-refractivity contribution in [1.29, 1.82) is 0 Å². The van der Waals surface area contributed by atoms with Crippen molar-refractivity contribution in [2.45, 2.75) is 25.9 Å². The van der Waals surface area contributed by atoms with E-state index in [1.807, 2.05) is 29.9 Å². The third kappa shape index (κ3) is 4.05. The van der Waals surface area contributed by atoms with Crippen molar-refractivity contribution in [3.63, 3.8) is 0 Å². The molecule has 168 valence electrons. The van der Waals surface area contributed by atoms with Crippen LogP contribution in [0.1, 0.15) is 34.7 Å². The maximum atomic E-state index is 5.85. The fourth-order valence-corrected chi connectivity index (χ4v) is 5.85. The van der Waals surface area contributed by atoms with Crippen LogP contribution >= 0.6 is 23.6 Å². The minimum Gasteiger partial charge on any atom is -0.379 e. The van der Waals surface area contributed by atoms with Gasteiger partial charge in [-0.1, -0.05) is 6.07 Å². The number of rotatable bonds is 6. The Kier molecular flexibility index (Phi) is 6.23. The first-order valence-corrected chi connectivity index (χ1v) is 12.3. The van der Waals surface area contributed by atoms with E-state index in [1.165, 1.54) is 17.0 Å². The van der Waals surface area contributed by atoms with E-state index < -0.39 is 0 Å². The summed E-state index contributed by atoms with van der Waals surface area (Å²) in [7, 11) is 0. The Morgan fingerprint density at radius 1 is 1.16 bits per heavy atom. The van der Waals surface area contributed by atoms with Crippen molar-refractivity contribution in [2.24, 2.45) is 0 Å². The number of aryl methyl sites for hydroxylation is 1. The number of hydrogen-bond acceptors (Lipinski definition) is 6. The molecule has 0 unspecified atom stereocenters. The molecule has 32 heavy (non-hydrogen) atoms. The van der Waals surface area contributed by atoms with Crippen molar-refractivity contribution in [3.05, 3.63) is 64.7 Å². The number of nitrogens with one attached hydrogen (secondary N) is 1. The van der Waals surface area contributed by atoms with Crippen LogP contribution in [0.2, 0.25) is 0 Å². The van der Waals surface area contributed by atoms with Crippen molar-refractivity contribution in [1.82, 2.24) is 29.7 Å². The molecule has 0 aliphatic carbocycles. The molecule has 2 fully saturated rings. The molecular weight excluding hydrogens is 440 g/mol. The molecule has 2 aliphatic heterocycles. The van der Waals surface area contributed by atoms with Gasteiger partial charge in [-0.05, 0) is 49.8 Å². The second kappa shape index (κ2) is 9.27. The number of aromatic nitrogens is 3. The molecule has 5 heterocycles. The molecule has 0 radical (unpaired) electrons. The predicted molar refractivity (Wildman–Crippen MR) is 130 cm³/mol. The van der Waals surface area contributed by atoms with Gasteiger partial charge in [-0.25, -0.2) is 4.98 Å².